The van der Waals surface area contributed by atoms with E-state index < -0.39 is 0 Å². The normalized spacial score (nSPS) is 15.8. The number of benzene rings is 1. The van der Waals surface area contributed by atoms with Gasteiger partial charge in [-0.05, 0) is 31.0 Å². The van der Waals surface area contributed by atoms with E-state index in [2.05, 4.69) is 22.4 Å². The molecule has 9 heteroatoms. The summed E-state index contributed by atoms with van der Waals surface area (Å²) in [6.07, 6.45) is 3.36. The molecule has 0 bridgehead atoms. The fourth-order valence-electron chi connectivity index (χ4n) is 4.90. The summed E-state index contributed by atoms with van der Waals surface area (Å²) >= 11 is 0. The summed E-state index contributed by atoms with van der Waals surface area (Å²) in [5.74, 6) is -0.330. The fraction of sp³-hybridized carbons (Fsp3) is 0.370. The Hall–Kier alpha value is -4.01. The molecule has 0 spiro atoms. The third-order valence-electron chi connectivity index (χ3n) is 6.92. The van der Waals surface area contributed by atoms with Crippen LogP contribution >= 0.6 is 0 Å². The molecule has 1 aromatic carbocycles. The number of aryl methyl sites for hydroxylation is 3. The average Bonchev–Trinajstić information content (AvgIpc) is 3.12. The first kappa shape index (κ1) is 23.7. The van der Waals surface area contributed by atoms with E-state index in [1.165, 1.54) is 5.56 Å². The molecule has 3 amide bonds. The summed E-state index contributed by atoms with van der Waals surface area (Å²) in [6.45, 7) is 4.56. The predicted octanol–water partition coefficient (Wildman–Crippen LogP) is 1.99. The van der Waals surface area contributed by atoms with Crippen LogP contribution in [0.4, 0.5) is 0 Å². The third-order valence-corrected chi connectivity index (χ3v) is 6.92. The Balaban J connectivity index is 1.44. The number of rotatable bonds is 5. The lowest BCUT2D eigenvalue weighted by atomic mass is 10.0. The van der Waals surface area contributed by atoms with Gasteiger partial charge in [0.15, 0.2) is 5.69 Å². The van der Waals surface area contributed by atoms with Gasteiger partial charge in [-0.1, -0.05) is 30.3 Å². The Labute approximate surface area is 210 Å². The zero-order chi connectivity index (χ0) is 25.1. The van der Waals surface area contributed by atoms with E-state index in [-0.39, 0.29) is 24.1 Å². The summed E-state index contributed by atoms with van der Waals surface area (Å²) in [5.41, 5.74) is 4.65. The van der Waals surface area contributed by atoms with Crippen molar-refractivity contribution in [1.82, 2.24) is 29.9 Å². The summed E-state index contributed by atoms with van der Waals surface area (Å²) in [7, 11) is 0. The van der Waals surface area contributed by atoms with E-state index in [4.69, 9.17) is 5.10 Å². The molecule has 4 heterocycles. The first-order valence-electron chi connectivity index (χ1n) is 12.4. The van der Waals surface area contributed by atoms with Crippen LogP contribution in [0.25, 0.3) is 0 Å². The van der Waals surface area contributed by atoms with Crippen molar-refractivity contribution < 1.29 is 14.4 Å². The van der Waals surface area contributed by atoms with Crippen molar-refractivity contribution in [2.75, 3.05) is 26.2 Å². The van der Waals surface area contributed by atoms with Crippen LogP contribution in [0.5, 0.6) is 0 Å². The Bertz CT molecular complexity index is 1290. The highest BCUT2D eigenvalue weighted by molar-refractivity contribution is 5.97. The van der Waals surface area contributed by atoms with Crippen molar-refractivity contribution in [2.24, 2.45) is 0 Å². The summed E-state index contributed by atoms with van der Waals surface area (Å²) in [6, 6.07) is 13.7. The number of fused-ring (bicyclic) bond motifs is 1. The molecule has 0 atom stereocenters. The van der Waals surface area contributed by atoms with Gasteiger partial charge in [-0.3, -0.25) is 24.0 Å². The summed E-state index contributed by atoms with van der Waals surface area (Å²) < 4.78 is 1.94. The van der Waals surface area contributed by atoms with E-state index in [0.29, 0.717) is 62.6 Å². The molecule has 1 fully saturated rings. The number of carbonyl (C=O) groups excluding carboxylic acids is 3. The first-order valence-corrected chi connectivity index (χ1v) is 12.4. The molecule has 0 radical (unpaired) electrons. The van der Waals surface area contributed by atoms with Crippen LogP contribution in [-0.2, 0) is 30.7 Å². The second-order valence-electron chi connectivity index (χ2n) is 9.24. The van der Waals surface area contributed by atoms with Gasteiger partial charge in [0.05, 0.1) is 12.1 Å². The highest BCUT2D eigenvalue weighted by Gasteiger charge is 2.33. The van der Waals surface area contributed by atoms with Gasteiger partial charge in [0.2, 0.25) is 5.91 Å². The maximum Gasteiger partial charge on any atom is 0.274 e. The number of nitrogens with one attached hydrogen (secondary N) is 1. The van der Waals surface area contributed by atoms with Crippen LogP contribution < -0.4 is 5.32 Å². The number of hydrogen-bond donors (Lipinski definition) is 1. The number of carbonyl (C=O) groups is 3. The molecule has 1 saturated heterocycles. The van der Waals surface area contributed by atoms with E-state index in [1.807, 2.05) is 29.8 Å². The first-order chi connectivity index (χ1) is 17.5. The molecule has 2 aliphatic rings. The minimum absolute atomic E-state index is 0.0515. The molecular formula is C27H30N6O3. The largest absolute Gasteiger partial charge is 0.354 e. The van der Waals surface area contributed by atoms with Gasteiger partial charge in [-0.15, -0.1) is 0 Å². The maximum atomic E-state index is 13.6. The van der Waals surface area contributed by atoms with Gasteiger partial charge in [0, 0.05) is 68.7 Å². The molecule has 1 N–H and O–H groups in total. The van der Waals surface area contributed by atoms with Crippen molar-refractivity contribution in [3.63, 3.8) is 0 Å². The smallest absolute Gasteiger partial charge is 0.274 e. The Morgan fingerprint density at radius 1 is 0.972 bits per heavy atom. The van der Waals surface area contributed by atoms with Crippen LogP contribution in [0.15, 0.2) is 48.7 Å². The second kappa shape index (κ2) is 10.3. The van der Waals surface area contributed by atoms with Crippen molar-refractivity contribution in [3.8, 4) is 0 Å². The Morgan fingerprint density at radius 3 is 2.58 bits per heavy atom. The Morgan fingerprint density at radius 2 is 1.78 bits per heavy atom. The molecular weight excluding hydrogens is 456 g/mol. The standard InChI is InChI=1S/C27H30N6O3/c1-19-21(8-5-12-28-19)26(35)32-14-10-23-22(18-32)25(27(36)31-15-11-24(34)29-13-17-31)30-33(23)16-9-20-6-3-2-4-7-20/h2-8,12H,9-11,13-18H2,1H3,(H,29,34). The summed E-state index contributed by atoms with van der Waals surface area (Å²) in [5, 5.41) is 7.60. The minimum atomic E-state index is -0.187. The SMILES string of the molecule is Cc1ncccc1C(=O)N1CCc2c(c(C(=O)N3CCNC(=O)CC3)nn2CCc2ccccc2)C1. The minimum Gasteiger partial charge on any atom is -0.354 e. The predicted molar refractivity (Wildman–Crippen MR) is 133 cm³/mol. The van der Waals surface area contributed by atoms with Crippen molar-refractivity contribution >= 4 is 17.7 Å². The van der Waals surface area contributed by atoms with E-state index in [1.54, 1.807) is 28.1 Å². The lowest BCUT2D eigenvalue weighted by molar-refractivity contribution is -0.120. The number of amides is 3. The average molecular weight is 487 g/mol. The van der Waals surface area contributed by atoms with Gasteiger partial charge in [0.25, 0.3) is 11.8 Å². The molecule has 186 valence electrons. The molecule has 2 aromatic heterocycles. The number of nitrogens with zero attached hydrogens (tertiary/aromatic N) is 5. The second-order valence-corrected chi connectivity index (χ2v) is 9.24. The lowest BCUT2D eigenvalue weighted by Gasteiger charge is -2.28. The highest BCUT2D eigenvalue weighted by Crippen LogP contribution is 2.26. The molecule has 0 aliphatic carbocycles. The number of hydrogen-bond acceptors (Lipinski definition) is 5. The maximum absolute atomic E-state index is 13.6. The lowest BCUT2D eigenvalue weighted by Crippen LogP contribution is -2.38. The molecule has 9 nitrogen and oxygen atoms in total. The highest BCUT2D eigenvalue weighted by atomic mass is 16.2. The molecule has 0 saturated carbocycles. The summed E-state index contributed by atoms with van der Waals surface area (Å²) in [4.78, 5) is 46.5. The Kier molecular flexibility index (Phi) is 6.79. The van der Waals surface area contributed by atoms with Gasteiger partial charge < -0.3 is 15.1 Å². The van der Waals surface area contributed by atoms with Gasteiger partial charge in [0.1, 0.15) is 0 Å². The molecule has 2 aliphatic heterocycles. The zero-order valence-corrected chi connectivity index (χ0v) is 20.4. The van der Waals surface area contributed by atoms with Gasteiger partial charge in [-0.25, -0.2) is 0 Å². The van der Waals surface area contributed by atoms with Gasteiger partial charge in [-0.2, -0.15) is 5.10 Å². The van der Waals surface area contributed by atoms with E-state index in [0.717, 1.165) is 17.7 Å². The molecule has 3 aromatic rings. The topological polar surface area (TPSA) is 100 Å². The van der Waals surface area contributed by atoms with Crippen LogP contribution in [0, 0.1) is 6.92 Å². The quantitative estimate of drug-likeness (QED) is 0.595. The monoisotopic (exact) mass is 486 g/mol. The van der Waals surface area contributed by atoms with E-state index in [9.17, 15) is 14.4 Å². The zero-order valence-electron chi connectivity index (χ0n) is 20.4. The van der Waals surface area contributed by atoms with Crippen LogP contribution in [0.3, 0.4) is 0 Å². The molecule has 36 heavy (non-hydrogen) atoms. The van der Waals surface area contributed by atoms with Crippen LogP contribution in [0.2, 0.25) is 0 Å². The molecule has 0 unspecified atom stereocenters. The molecule has 5 rings (SSSR count). The number of aromatic nitrogens is 3. The van der Waals surface area contributed by atoms with Crippen LogP contribution in [-0.4, -0.2) is 68.5 Å². The number of pyridine rings is 1. The van der Waals surface area contributed by atoms with E-state index >= 15 is 0 Å². The third kappa shape index (κ3) is 4.86. The van der Waals surface area contributed by atoms with Crippen molar-refractivity contribution in [2.45, 2.75) is 39.3 Å². The fourth-order valence-corrected chi connectivity index (χ4v) is 4.90. The van der Waals surface area contributed by atoms with Crippen LogP contribution in [0.1, 0.15) is 49.8 Å². The van der Waals surface area contributed by atoms with Crippen molar-refractivity contribution in [1.29, 1.82) is 0 Å². The van der Waals surface area contributed by atoms with Gasteiger partial charge >= 0.3 is 0 Å². The van der Waals surface area contributed by atoms with Crippen molar-refractivity contribution in [3.05, 3.63) is 82.4 Å².